The molecule has 0 aliphatic carbocycles. The molecule has 0 amide bonds. The number of thioether (sulfide) groups is 1. The summed E-state index contributed by atoms with van der Waals surface area (Å²) < 4.78 is 45.1. The van der Waals surface area contributed by atoms with Gasteiger partial charge in [0, 0.05) is 22.5 Å². The van der Waals surface area contributed by atoms with Gasteiger partial charge in [-0.25, -0.2) is 9.36 Å². The van der Waals surface area contributed by atoms with Crippen molar-refractivity contribution < 1.29 is 23.0 Å². The van der Waals surface area contributed by atoms with Crippen LogP contribution in [0.3, 0.4) is 0 Å². The Morgan fingerprint density at radius 1 is 1.13 bits per heavy atom. The molecule has 0 unspecified atom stereocenters. The first-order chi connectivity index (χ1) is 14.7. The van der Waals surface area contributed by atoms with Gasteiger partial charge in [0.1, 0.15) is 5.75 Å². The highest BCUT2D eigenvalue weighted by molar-refractivity contribution is 8.00. The fourth-order valence-electron chi connectivity index (χ4n) is 3.27. The van der Waals surface area contributed by atoms with Gasteiger partial charge in [0.15, 0.2) is 0 Å². The van der Waals surface area contributed by atoms with E-state index in [9.17, 15) is 23.1 Å². The molecule has 1 N–H and O–H groups in total. The number of imidazole rings is 1. The second-order valence-corrected chi connectivity index (χ2v) is 7.77. The maximum absolute atomic E-state index is 12.9. The molecule has 31 heavy (non-hydrogen) atoms. The summed E-state index contributed by atoms with van der Waals surface area (Å²) in [4.78, 5) is 17.2. The molecule has 10 heteroatoms. The Labute approximate surface area is 178 Å². The highest BCUT2D eigenvalue weighted by Crippen LogP contribution is 2.37. The van der Waals surface area contributed by atoms with Crippen LogP contribution in [0.15, 0.2) is 70.6 Å². The average Bonchev–Trinajstić information content (AvgIpc) is 3.00. The monoisotopic (exact) mass is 447 g/mol. The lowest BCUT2D eigenvalue weighted by Crippen LogP contribution is -2.23. The smallest absolute Gasteiger partial charge is 0.446 e. The molecular formula is C21H16F3N3O3S. The van der Waals surface area contributed by atoms with Crippen molar-refractivity contribution in [1.29, 1.82) is 0 Å². The number of nitrogens with zero attached hydrogens (tertiary/aromatic N) is 3. The Morgan fingerprint density at radius 2 is 1.87 bits per heavy atom. The van der Waals surface area contributed by atoms with Gasteiger partial charge < -0.3 is 9.84 Å². The highest BCUT2D eigenvalue weighted by Gasteiger charge is 2.29. The fraction of sp³-hybridized carbons (Fsp3) is 0.143. The van der Waals surface area contributed by atoms with E-state index in [1.54, 1.807) is 31.5 Å². The van der Waals surface area contributed by atoms with E-state index < -0.39 is 11.2 Å². The largest absolute Gasteiger partial charge is 0.497 e. The minimum Gasteiger partial charge on any atom is -0.497 e. The van der Waals surface area contributed by atoms with Gasteiger partial charge >= 0.3 is 11.2 Å². The van der Waals surface area contributed by atoms with Crippen LogP contribution in [0.2, 0.25) is 0 Å². The predicted molar refractivity (Wildman–Crippen MR) is 111 cm³/mol. The molecule has 160 valence electrons. The predicted octanol–water partition coefficient (Wildman–Crippen LogP) is 4.56. The Bertz CT molecular complexity index is 1300. The molecule has 2 heterocycles. The maximum atomic E-state index is 12.9. The lowest BCUT2D eigenvalue weighted by Gasteiger charge is -2.08. The average molecular weight is 447 g/mol. The summed E-state index contributed by atoms with van der Waals surface area (Å²) in [6.07, 6.45) is 2.91. The third-order valence-electron chi connectivity index (χ3n) is 4.65. The first-order valence-electron chi connectivity index (χ1n) is 9.04. The summed E-state index contributed by atoms with van der Waals surface area (Å²) in [5.74, 6) is 0.339. The van der Waals surface area contributed by atoms with Gasteiger partial charge in [0.2, 0.25) is 5.88 Å². The van der Waals surface area contributed by atoms with Crippen molar-refractivity contribution in [2.24, 2.45) is 0 Å². The molecule has 0 radical (unpaired) electrons. The second-order valence-electron chi connectivity index (χ2n) is 6.63. The van der Waals surface area contributed by atoms with Crippen LogP contribution < -0.4 is 10.4 Å². The molecule has 6 nitrogen and oxygen atoms in total. The zero-order chi connectivity index (χ0) is 22.2. The van der Waals surface area contributed by atoms with Crippen molar-refractivity contribution >= 4 is 22.7 Å². The molecule has 4 rings (SSSR count). The molecule has 0 aliphatic rings. The van der Waals surface area contributed by atoms with Crippen LogP contribution >= 0.6 is 11.8 Å². The fourth-order valence-corrected chi connectivity index (χ4v) is 3.81. The van der Waals surface area contributed by atoms with E-state index >= 15 is 0 Å². The van der Waals surface area contributed by atoms with Crippen molar-refractivity contribution in [2.75, 3.05) is 7.11 Å². The number of ether oxygens (including phenoxy) is 1. The van der Waals surface area contributed by atoms with Crippen LogP contribution in [0.5, 0.6) is 11.6 Å². The minimum absolute atomic E-state index is 0.0121. The van der Waals surface area contributed by atoms with Crippen molar-refractivity contribution in [3.63, 3.8) is 0 Å². The Hall–Kier alpha value is -3.40. The van der Waals surface area contributed by atoms with Gasteiger partial charge in [0.25, 0.3) is 0 Å². The van der Waals surface area contributed by atoms with E-state index in [4.69, 9.17) is 4.74 Å². The number of hydrogen-bond acceptors (Lipinski definition) is 5. The number of alkyl halides is 3. The Morgan fingerprint density at radius 3 is 2.55 bits per heavy atom. The van der Waals surface area contributed by atoms with Gasteiger partial charge in [-0.15, -0.1) is 0 Å². The van der Waals surface area contributed by atoms with Gasteiger partial charge in [-0.05, 0) is 59.8 Å². The van der Waals surface area contributed by atoms with Gasteiger partial charge in [-0.3, -0.25) is 9.55 Å². The number of pyridine rings is 1. The molecule has 0 bridgehead atoms. The summed E-state index contributed by atoms with van der Waals surface area (Å²) in [6.45, 7) is 0.173. The molecule has 0 atom stereocenters. The van der Waals surface area contributed by atoms with Crippen LogP contribution in [0.25, 0.3) is 16.6 Å². The lowest BCUT2D eigenvalue weighted by molar-refractivity contribution is -0.0328. The number of benzene rings is 2. The standard InChI is InChI=1S/C21H16F3N3O3S/c1-30-15-4-7-17-13(8-9-25-18(17)10-15)11-26-12-19(28)27(20(26)29)14-2-5-16(6-3-14)31-21(22,23)24/h2-10,12,28H,11H2,1H3. The lowest BCUT2D eigenvalue weighted by atomic mass is 10.1. The molecule has 0 saturated heterocycles. The number of aromatic hydroxyl groups is 1. The van der Waals surface area contributed by atoms with Crippen LogP contribution in [0, 0.1) is 0 Å². The van der Waals surface area contributed by atoms with Crippen molar-refractivity contribution in [1.82, 2.24) is 14.1 Å². The topological polar surface area (TPSA) is 69.3 Å². The molecule has 0 saturated carbocycles. The number of halogens is 3. The number of aromatic nitrogens is 3. The van der Waals surface area contributed by atoms with E-state index in [1.807, 2.05) is 6.07 Å². The summed E-state index contributed by atoms with van der Waals surface area (Å²) in [7, 11) is 1.56. The third-order valence-corrected chi connectivity index (χ3v) is 5.39. The zero-order valence-electron chi connectivity index (χ0n) is 16.1. The van der Waals surface area contributed by atoms with Crippen LogP contribution in [0.4, 0.5) is 13.2 Å². The SMILES string of the molecule is COc1ccc2c(Cn3cc(O)n(-c4ccc(SC(F)(F)F)cc4)c3=O)ccnc2c1. The summed E-state index contributed by atoms with van der Waals surface area (Å²) in [6, 6.07) is 12.4. The summed E-state index contributed by atoms with van der Waals surface area (Å²) >= 11 is -0.246. The Kier molecular flexibility index (Phi) is 5.40. The van der Waals surface area contributed by atoms with E-state index in [0.29, 0.717) is 11.3 Å². The van der Waals surface area contributed by atoms with Crippen molar-refractivity contribution in [3.8, 4) is 17.3 Å². The Balaban J connectivity index is 1.67. The normalized spacial score (nSPS) is 11.7. The molecule has 0 fully saturated rings. The number of hydrogen-bond donors (Lipinski definition) is 1. The van der Waals surface area contributed by atoms with Crippen LogP contribution in [-0.2, 0) is 6.54 Å². The molecule has 0 aliphatic heterocycles. The van der Waals surface area contributed by atoms with E-state index in [1.165, 1.54) is 35.0 Å². The van der Waals surface area contributed by atoms with E-state index in [2.05, 4.69) is 4.98 Å². The third kappa shape index (κ3) is 4.38. The maximum Gasteiger partial charge on any atom is 0.446 e. The van der Waals surface area contributed by atoms with E-state index in [0.717, 1.165) is 15.5 Å². The molecule has 0 spiro atoms. The zero-order valence-corrected chi connectivity index (χ0v) is 16.9. The molecule has 4 aromatic rings. The number of rotatable bonds is 5. The minimum atomic E-state index is -4.40. The molecule has 2 aromatic heterocycles. The number of methoxy groups -OCH3 is 1. The van der Waals surface area contributed by atoms with Crippen LogP contribution in [0.1, 0.15) is 5.56 Å². The van der Waals surface area contributed by atoms with E-state index in [-0.39, 0.29) is 34.8 Å². The van der Waals surface area contributed by atoms with Crippen LogP contribution in [-0.4, -0.2) is 31.8 Å². The van der Waals surface area contributed by atoms with Gasteiger partial charge in [-0.2, -0.15) is 13.2 Å². The second kappa shape index (κ2) is 8.03. The number of fused-ring (bicyclic) bond motifs is 1. The summed E-state index contributed by atoms with van der Waals surface area (Å²) in [5.41, 5.74) is -3.15. The summed E-state index contributed by atoms with van der Waals surface area (Å²) in [5, 5.41) is 11.1. The molecule has 2 aromatic carbocycles. The molecular weight excluding hydrogens is 431 g/mol. The van der Waals surface area contributed by atoms with Gasteiger partial charge in [-0.1, -0.05) is 0 Å². The highest BCUT2D eigenvalue weighted by atomic mass is 32.2. The van der Waals surface area contributed by atoms with Gasteiger partial charge in [0.05, 0.1) is 31.1 Å². The first-order valence-corrected chi connectivity index (χ1v) is 9.86. The van der Waals surface area contributed by atoms with Crippen molar-refractivity contribution in [3.05, 3.63) is 77.0 Å². The quantitative estimate of drug-likeness (QED) is 0.454. The van der Waals surface area contributed by atoms with Crippen molar-refractivity contribution in [2.45, 2.75) is 16.9 Å². The first kappa shape index (κ1) is 20.9.